The van der Waals surface area contributed by atoms with Crippen LogP contribution in [0.2, 0.25) is 0 Å². The topological polar surface area (TPSA) is 39.4 Å². The summed E-state index contributed by atoms with van der Waals surface area (Å²) in [7, 11) is 0. The van der Waals surface area contributed by atoms with Crippen LogP contribution in [0.5, 0.6) is 0 Å². The molecule has 0 aromatic carbocycles. The smallest absolute Gasteiger partial charge is 0.337 e. The SMILES string of the molecule is C=C(CO[n+]1ccccc1C)C(=O)OCC. The third-order valence-electron chi connectivity index (χ3n) is 1.96. The number of esters is 1. The Morgan fingerprint density at radius 3 is 2.88 bits per heavy atom. The summed E-state index contributed by atoms with van der Waals surface area (Å²) >= 11 is 0. The molecule has 0 aliphatic carbocycles. The maximum Gasteiger partial charge on any atom is 0.337 e. The van der Waals surface area contributed by atoms with E-state index >= 15 is 0 Å². The molecule has 0 N–H and O–H groups in total. The molecule has 0 fully saturated rings. The van der Waals surface area contributed by atoms with E-state index in [9.17, 15) is 4.79 Å². The Labute approximate surface area is 95.1 Å². The van der Waals surface area contributed by atoms with E-state index in [0.29, 0.717) is 12.2 Å². The zero-order valence-corrected chi connectivity index (χ0v) is 9.60. The highest BCUT2D eigenvalue weighted by atomic mass is 16.7. The van der Waals surface area contributed by atoms with Crippen LogP contribution < -0.4 is 9.57 Å². The Hall–Kier alpha value is -1.84. The fourth-order valence-electron chi connectivity index (χ4n) is 1.10. The van der Waals surface area contributed by atoms with Gasteiger partial charge in [0.1, 0.15) is 0 Å². The molecule has 4 heteroatoms. The number of carbonyl (C=O) groups excluding carboxylic acids is 1. The van der Waals surface area contributed by atoms with E-state index in [1.807, 2.05) is 25.1 Å². The summed E-state index contributed by atoms with van der Waals surface area (Å²) in [6.45, 7) is 7.73. The van der Waals surface area contributed by atoms with Gasteiger partial charge in [0.25, 0.3) is 0 Å². The summed E-state index contributed by atoms with van der Waals surface area (Å²) in [5, 5.41) is 0. The molecule has 16 heavy (non-hydrogen) atoms. The second kappa shape index (κ2) is 5.90. The first-order chi connectivity index (χ1) is 7.65. The van der Waals surface area contributed by atoms with E-state index in [4.69, 9.17) is 9.57 Å². The first kappa shape index (κ1) is 12.2. The zero-order chi connectivity index (χ0) is 12.0. The molecule has 0 spiro atoms. The minimum absolute atomic E-state index is 0.119. The second-order valence-electron chi connectivity index (χ2n) is 3.27. The third-order valence-corrected chi connectivity index (χ3v) is 1.96. The molecule has 1 aromatic rings. The van der Waals surface area contributed by atoms with Crippen molar-refractivity contribution in [3.05, 3.63) is 42.2 Å². The van der Waals surface area contributed by atoms with Crippen molar-refractivity contribution in [1.29, 1.82) is 0 Å². The molecule has 0 aliphatic rings. The fraction of sp³-hybridized carbons (Fsp3) is 0.333. The summed E-state index contributed by atoms with van der Waals surface area (Å²) in [4.78, 5) is 16.6. The monoisotopic (exact) mass is 222 g/mol. The first-order valence-corrected chi connectivity index (χ1v) is 5.10. The number of aryl methyl sites for hydroxylation is 1. The summed E-state index contributed by atoms with van der Waals surface area (Å²) in [5.41, 5.74) is 1.25. The molecular formula is C12H16NO3+. The van der Waals surface area contributed by atoms with Gasteiger partial charge in [-0.25, -0.2) is 4.79 Å². The van der Waals surface area contributed by atoms with Gasteiger partial charge in [-0.1, -0.05) is 6.58 Å². The van der Waals surface area contributed by atoms with E-state index in [1.54, 1.807) is 17.9 Å². The molecule has 0 atom stereocenters. The van der Waals surface area contributed by atoms with Crippen LogP contribution in [0.4, 0.5) is 0 Å². The molecule has 86 valence electrons. The predicted octanol–water partition coefficient (Wildman–Crippen LogP) is 0.830. The molecule has 0 unspecified atom stereocenters. The summed E-state index contributed by atoms with van der Waals surface area (Å²) in [5.74, 6) is -0.420. The van der Waals surface area contributed by atoms with Crippen LogP contribution >= 0.6 is 0 Å². The average Bonchev–Trinajstić information content (AvgIpc) is 2.28. The van der Waals surface area contributed by atoms with Crippen LogP contribution in [0.25, 0.3) is 0 Å². The lowest BCUT2D eigenvalue weighted by molar-refractivity contribution is -0.894. The number of hydrogen-bond donors (Lipinski definition) is 0. The van der Waals surface area contributed by atoms with Gasteiger partial charge in [0.15, 0.2) is 6.61 Å². The third kappa shape index (κ3) is 3.38. The van der Waals surface area contributed by atoms with Crippen LogP contribution in [0.3, 0.4) is 0 Å². The molecule has 4 nitrogen and oxygen atoms in total. The van der Waals surface area contributed by atoms with Gasteiger partial charge in [0.05, 0.1) is 12.2 Å². The molecule has 0 bridgehead atoms. The molecule has 0 radical (unpaired) electrons. The number of carbonyl (C=O) groups is 1. The van der Waals surface area contributed by atoms with Gasteiger partial charge >= 0.3 is 5.97 Å². The van der Waals surface area contributed by atoms with Crippen molar-refractivity contribution in [3.8, 4) is 0 Å². The van der Waals surface area contributed by atoms with E-state index in [0.717, 1.165) is 5.69 Å². The summed E-state index contributed by atoms with van der Waals surface area (Å²) in [6, 6.07) is 5.67. The molecule has 0 saturated heterocycles. The molecule has 0 aliphatic heterocycles. The Kier molecular flexibility index (Phi) is 4.51. The van der Waals surface area contributed by atoms with E-state index < -0.39 is 5.97 Å². The van der Waals surface area contributed by atoms with Gasteiger partial charge in [0.2, 0.25) is 11.9 Å². The van der Waals surface area contributed by atoms with Gasteiger partial charge in [-0.3, -0.25) is 4.84 Å². The highest BCUT2D eigenvalue weighted by Crippen LogP contribution is 1.93. The van der Waals surface area contributed by atoms with E-state index in [-0.39, 0.29) is 6.61 Å². The second-order valence-corrected chi connectivity index (χ2v) is 3.27. The van der Waals surface area contributed by atoms with Crippen molar-refractivity contribution in [3.63, 3.8) is 0 Å². The largest absolute Gasteiger partial charge is 0.463 e. The quantitative estimate of drug-likeness (QED) is 0.421. The lowest BCUT2D eigenvalue weighted by atomic mass is 10.3. The maximum atomic E-state index is 11.2. The van der Waals surface area contributed by atoms with Crippen LogP contribution in [-0.2, 0) is 9.53 Å². The van der Waals surface area contributed by atoms with Crippen molar-refractivity contribution < 1.29 is 19.1 Å². The van der Waals surface area contributed by atoms with Crippen LogP contribution in [0.15, 0.2) is 36.5 Å². The Balaban J connectivity index is 2.49. The molecular weight excluding hydrogens is 206 g/mol. The minimum atomic E-state index is -0.420. The number of nitrogens with zero attached hydrogens (tertiary/aromatic N) is 1. The maximum absolute atomic E-state index is 11.2. The van der Waals surface area contributed by atoms with Gasteiger partial charge < -0.3 is 4.74 Å². The summed E-state index contributed by atoms with van der Waals surface area (Å²) < 4.78 is 6.38. The predicted molar refractivity (Wildman–Crippen MR) is 58.6 cm³/mol. The van der Waals surface area contributed by atoms with Crippen molar-refractivity contribution in [1.82, 2.24) is 0 Å². The van der Waals surface area contributed by atoms with Crippen molar-refractivity contribution in [2.75, 3.05) is 13.2 Å². The number of pyridine rings is 1. The number of hydrogen-bond acceptors (Lipinski definition) is 3. The highest BCUT2D eigenvalue weighted by molar-refractivity contribution is 5.87. The molecule has 0 saturated carbocycles. The summed E-state index contributed by atoms with van der Waals surface area (Å²) in [6.07, 6.45) is 1.77. The standard InChI is InChI=1S/C12H16NO3/c1-4-15-12(14)10(2)9-16-13-8-6-5-7-11(13)3/h5-8H,2,4,9H2,1,3H3/q+1. The van der Waals surface area contributed by atoms with Crippen LogP contribution in [0, 0.1) is 6.92 Å². The average molecular weight is 222 g/mol. The lowest BCUT2D eigenvalue weighted by Gasteiger charge is -2.03. The Morgan fingerprint density at radius 1 is 1.50 bits per heavy atom. The Morgan fingerprint density at radius 2 is 2.25 bits per heavy atom. The van der Waals surface area contributed by atoms with E-state index in [1.165, 1.54) is 0 Å². The van der Waals surface area contributed by atoms with Crippen LogP contribution in [-0.4, -0.2) is 19.2 Å². The molecule has 1 aromatic heterocycles. The van der Waals surface area contributed by atoms with Gasteiger partial charge in [-0.05, 0) is 13.0 Å². The number of aromatic nitrogens is 1. The zero-order valence-electron chi connectivity index (χ0n) is 9.60. The molecule has 1 heterocycles. The lowest BCUT2D eigenvalue weighted by Crippen LogP contribution is -2.46. The van der Waals surface area contributed by atoms with E-state index in [2.05, 4.69) is 6.58 Å². The normalized spacial score (nSPS) is 9.62. The first-order valence-electron chi connectivity index (χ1n) is 5.10. The fourth-order valence-corrected chi connectivity index (χ4v) is 1.10. The van der Waals surface area contributed by atoms with Crippen molar-refractivity contribution in [2.45, 2.75) is 13.8 Å². The van der Waals surface area contributed by atoms with Gasteiger partial charge in [-0.15, -0.1) is 0 Å². The highest BCUT2D eigenvalue weighted by Gasteiger charge is 2.12. The molecule has 0 amide bonds. The van der Waals surface area contributed by atoms with Crippen molar-refractivity contribution in [2.24, 2.45) is 0 Å². The number of rotatable bonds is 5. The number of ether oxygens (including phenoxy) is 1. The minimum Gasteiger partial charge on any atom is -0.463 e. The van der Waals surface area contributed by atoms with Gasteiger partial charge in [-0.2, -0.15) is 0 Å². The Bertz CT molecular complexity index is 388. The van der Waals surface area contributed by atoms with Gasteiger partial charge in [0, 0.05) is 23.8 Å². The van der Waals surface area contributed by atoms with Crippen molar-refractivity contribution >= 4 is 5.97 Å². The van der Waals surface area contributed by atoms with Crippen LogP contribution in [0.1, 0.15) is 12.6 Å². The molecule has 1 rings (SSSR count).